The van der Waals surface area contributed by atoms with Gasteiger partial charge >= 0.3 is 6.18 Å². The Morgan fingerprint density at radius 3 is 2.61 bits per heavy atom. The molecule has 0 bridgehead atoms. The summed E-state index contributed by atoms with van der Waals surface area (Å²) in [6, 6.07) is 10.8. The minimum atomic E-state index is -4.54. The highest BCUT2D eigenvalue weighted by atomic mass is 19.4. The molecular weight excluding hydrogens is 437 g/mol. The van der Waals surface area contributed by atoms with Crippen molar-refractivity contribution in [3.63, 3.8) is 0 Å². The van der Waals surface area contributed by atoms with Crippen LogP contribution in [0.4, 0.5) is 24.5 Å². The number of nitrogens with one attached hydrogen (secondary N) is 2. The Balaban J connectivity index is 1.92. The molecule has 0 saturated carbocycles. The zero-order valence-corrected chi connectivity index (χ0v) is 18.2. The molecule has 1 amide bonds. The molecule has 7 nitrogen and oxygen atoms in total. The summed E-state index contributed by atoms with van der Waals surface area (Å²) in [5, 5.41) is 9.66. The minimum Gasteiger partial charge on any atom is -0.453 e. The maximum atomic E-state index is 13.0. The van der Waals surface area contributed by atoms with E-state index in [0.29, 0.717) is 11.3 Å². The average molecular weight is 460 g/mol. The fourth-order valence-electron chi connectivity index (χ4n) is 2.87. The van der Waals surface area contributed by atoms with E-state index in [1.165, 1.54) is 25.4 Å². The quantitative estimate of drug-likeness (QED) is 0.526. The Hall–Kier alpha value is -3.82. The van der Waals surface area contributed by atoms with Gasteiger partial charge in [0.1, 0.15) is 5.75 Å². The van der Waals surface area contributed by atoms with Crippen LogP contribution < -0.4 is 20.9 Å². The molecule has 10 heteroatoms. The lowest BCUT2D eigenvalue weighted by atomic mass is 10.1. The first-order valence-electron chi connectivity index (χ1n) is 10.2. The summed E-state index contributed by atoms with van der Waals surface area (Å²) in [4.78, 5) is 25.1. The predicted molar refractivity (Wildman–Crippen MR) is 118 cm³/mol. The van der Waals surface area contributed by atoms with Crippen molar-refractivity contribution >= 4 is 17.3 Å². The Labute approximate surface area is 188 Å². The van der Waals surface area contributed by atoms with Crippen LogP contribution in [0.1, 0.15) is 36.2 Å². The maximum Gasteiger partial charge on any atom is 0.416 e. The van der Waals surface area contributed by atoms with Crippen LogP contribution in [0.2, 0.25) is 0 Å². The summed E-state index contributed by atoms with van der Waals surface area (Å²) < 4.78 is 45.7. The number of ether oxygens (including phenoxy) is 1. The molecule has 0 aliphatic heterocycles. The van der Waals surface area contributed by atoms with Gasteiger partial charge in [-0.05, 0) is 49.7 Å². The van der Waals surface area contributed by atoms with Gasteiger partial charge in [-0.3, -0.25) is 9.59 Å². The molecule has 3 aromatic rings. The van der Waals surface area contributed by atoms with E-state index in [0.717, 1.165) is 23.2 Å². The molecule has 0 spiro atoms. The molecule has 0 aliphatic carbocycles. The van der Waals surface area contributed by atoms with Crippen LogP contribution in [-0.2, 0) is 13.2 Å². The van der Waals surface area contributed by atoms with Crippen LogP contribution in [0, 0.1) is 0 Å². The third-order valence-corrected chi connectivity index (χ3v) is 4.88. The van der Waals surface area contributed by atoms with Crippen molar-refractivity contribution in [2.45, 2.75) is 32.5 Å². The predicted octanol–water partition coefficient (Wildman–Crippen LogP) is 4.86. The van der Waals surface area contributed by atoms with Crippen LogP contribution in [0.3, 0.4) is 0 Å². The highest BCUT2D eigenvalue weighted by Crippen LogP contribution is 2.34. The molecule has 0 saturated heterocycles. The summed E-state index contributed by atoms with van der Waals surface area (Å²) in [6.07, 6.45) is -2.54. The summed E-state index contributed by atoms with van der Waals surface area (Å²) in [5.41, 5.74) is -0.680. The molecule has 2 N–H and O–H groups in total. The zero-order chi connectivity index (χ0) is 24.2. The van der Waals surface area contributed by atoms with Gasteiger partial charge in [0, 0.05) is 24.3 Å². The number of hydrogen-bond acceptors (Lipinski definition) is 5. The number of amides is 1. The Morgan fingerprint density at radius 1 is 1.18 bits per heavy atom. The van der Waals surface area contributed by atoms with Crippen LogP contribution >= 0.6 is 0 Å². The SMILES string of the molecule is CCC(C)NC(=O)c1cccc(Nc2c(Oc3cccc(C(F)(F)F)c3)cnn(C)c2=O)c1. The number of carbonyl (C=O) groups is 1. The number of hydrogen-bond donors (Lipinski definition) is 2. The Kier molecular flexibility index (Phi) is 7.05. The molecule has 174 valence electrons. The fraction of sp³-hybridized carbons (Fsp3) is 0.261. The zero-order valence-electron chi connectivity index (χ0n) is 18.2. The van der Waals surface area contributed by atoms with E-state index in [1.807, 2.05) is 13.8 Å². The summed E-state index contributed by atoms with van der Waals surface area (Å²) in [5.74, 6) is -0.437. The van der Waals surface area contributed by atoms with Gasteiger partial charge in [0.05, 0.1) is 11.8 Å². The first kappa shape index (κ1) is 23.8. The number of aryl methyl sites for hydroxylation is 1. The molecule has 1 unspecified atom stereocenters. The van der Waals surface area contributed by atoms with Crippen molar-refractivity contribution in [1.29, 1.82) is 0 Å². The fourth-order valence-corrected chi connectivity index (χ4v) is 2.87. The number of halogens is 3. The lowest BCUT2D eigenvalue weighted by Gasteiger charge is -2.15. The highest BCUT2D eigenvalue weighted by molar-refractivity contribution is 5.95. The Bertz CT molecular complexity index is 1210. The number of rotatable bonds is 7. The molecule has 0 radical (unpaired) electrons. The van der Waals surface area contributed by atoms with Crippen molar-refractivity contribution < 1.29 is 22.7 Å². The second kappa shape index (κ2) is 9.76. The molecule has 0 aliphatic rings. The smallest absolute Gasteiger partial charge is 0.416 e. The molecule has 2 aromatic carbocycles. The third kappa shape index (κ3) is 5.91. The maximum absolute atomic E-state index is 13.0. The topological polar surface area (TPSA) is 85.2 Å². The lowest BCUT2D eigenvalue weighted by Crippen LogP contribution is -2.31. The summed E-state index contributed by atoms with van der Waals surface area (Å²) in [7, 11) is 1.43. The van der Waals surface area contributed by atoms with Crippen LogP contribution in [0.25, 0.3) is 0 Å². The van der Waals surface area contributed by atoms with Crippen molar-refractivity contribution in [2.24, 2.45) is 7.05 Å². The van der Waals surface area contributed by atoms with Crippen LogP contribution in [0.15, 0.2) is 59.5 Å². The number of benzene rings is 2. The van der Waals surface area contributed by atoms with Gasteiger partial charge in [-0.2, -0.15) is 18.3 Å². The van der Waals surface area contributed by atoms with Crippen LogP contribution in [0.5, 0.6) is 11.5 Å². The molecule has 1 aromatic heterocycles. The Morgan fingerprint density at radius 2 is 1.91 bits per heavy atom. The normalized spacial score (nSPS) is 12.2. The minimum absolute atomic E-state index is 0.00549. The second-order valence-electron chi connectivity index (χ2n) is 7.43. The average Bonchev–Trinajstić information content (AvgIpc) is 2.78. The number of anilines is 2. The molecule has 0 fully saturated rings. The molecule has 3 rings (SSSR count). The van der Waals surface area contributed by atoms with Gasteiger partial charge in [-0.25, -0.2) is 4.68 Å². The van der Waals surface area contributed by atoms with E-state index in [1.54, 1.807) is 24.3 Å². The van der Waals surface area contributed by atoms with Gasteiger partial charge in [0.15, 0.2) is 11.4 Å². The highest BCUT2D eigenvalue weighted by Gasteiger charge is 2.30. The van der Waals surface area contributed by atoms with E-state index in [9.17, 15) is 22.8 Å². The number of aromatic nitrogens is 2. The first-order chi connectivity index (χ1) is 15.6. The van der Waals surface area contributed by atoms with Crippen molar-refractivity contribution in [3.8, 4) is 11.5 Å². The van der Waals surface area contributed by atoms with E-state index >= 15 is 0 Å². The van der Waals surface area contributed by atoms with Crippen molar-refractivity contribution in [3.05, 3.63) is 76.2 Å². The summed E-state index contributed by atoms with van der Waals surface area (Å²) >= 11 is 0. The van der Waals surface area contributed by atoms with Crippen LogP contribution in [-0.4, -0.2) is 21.7 Å². The van der Waals surface area contributed by atoms with Gasteiger partial charge in [-0.1, -0.05) is 19.1 Å². The van der Waals surface area contributed by atoms with Crippen molar-refractivity contribution in [1.82, 2.24) is 15.1 Å². The van der Waals surface area contributed by atoms with Crippen molar-refractivity contribution in [2.75, 3.05) is 5.32 Å². The molecule has 1 heterocycles. The largest absolute Gasteiger partial charge is 0.453 e. The monoisotopic (exact) mass is 460 g/mol. The molecule has 33 heavy (non-hydrogen) atoms. The molecule has 1 atom stereocenters. The second-order valence-corrected chi connectivity index (χ2v) is 7.43. The lowest BCUT2D eigenvalue weighted by molar-refractivity contribution is -0.137. The molecular formula is C23H23F3N4O3. The van der Waals surface area contributed by atoms with E-state index in [2.05, 4.69) is 15.7 Å². The van der Waals surface area contributed by atoms with Gasteiger partial charge in [-0.15, -0.1) is 0 Å². The van der Waals surface area contributed by atoms with Gasteiger partial charge in [0.25, 0.3) is 11.5 Å². The third-order valence-electron chi connectivity index (χ3n) is 4.88. The van der Waals surface area contributed by atoms with E-state index in [4.69, 9.17) is 4.74 Å². The van der Waals surface area contributed by atoms with E-state index < -0.39 is 17.3 Å². The standard InChI is InChI=1S/C23H23F3N4O3/c1-4-14(2)28-21(31)15-7-5-9-17(11-15)29-20-19(13-27-30(3)22(20)32)33-18-10-6-8-16(12-18)23(24,25)26/h5-14,29H,4H2,1-3H3,(H,28,31). The first-order valence-corrected chi connectivity index (χ1v) is 10.2. The summed E-state index contributed by atoms with van der Waals surface area (Å²) in [6.45, 7) is 3.84. The number of alkyl halides is 3. The van der Waals surface area contributed by atoms with E-state index in [-0.39, 0.29) is 29.1 Å². The van der Waals surface area contributed by atoms with Gasteiger partial charge < -0.3 is 15.4 Å². The number of carbonyl (C=O) groups excluding carboxylic acids is 1. The number of nitrogens with zero attached hydrogens (tertiary/aromatic N) is 2. The van der Waals surface area contributed by atoms with Gasteiger partial charge in [0.2, 0.25) is 0 Å².